The van der Waals surface area contributed by atoms with Crippen molar-refractivity contribution in [3.05, 3.63) is 0 Å². The van der Waals surface area contributed by atoms with Crippen molar-refractivity contribution in [2.24, 2.45) is 0 Å². The van der Waals surface area contributed by atoms with Gasteiger partial charge in [0.15, 0.2) is 0 Å². The Balaban J connectivity index is 0.000000174. The Labute approximate surface area is 177 Å². The Hall–Kier alpha value is -1.51. The predicted molar refractivity (Wildman–Crippen MR) is 107 cm³/mol. The second-order valence-corrected chi connectivity index (χ2v) is 8.51. The Morgan fingerprint density at radius 3 is 2.40 bits per heavy atom. The number of urea groups is 1. The predicted octanol–water partition coefficient (Wildman–Crippen LogP) is -0.203. The molecular weight excluding hydrogens is 418 g/mol. The minimum absolute atomic E-state index is 0.266. The minimum Gasteiger partial charge on any atom is -0.321 e. The van der Waals surface area contributed by atoms with E-state index in [2.05, 4.69) is 20.4 Å². The van der Waals surface area contributed by atoms with Gasteiger partial charge in [0.2, 0.25) is 6.41 Å². The topological polar surface area (TPSA) is 150 Å². The van der Waals surface area contributed by atoms with E-state index < -0.39 is 16.4 Å². The van der Waals surface area contributed by atoms with Crippen LogP contribution in [-0.4, -0.2) is 86.8 Å². The van der Waals surface area contributed by atoms with Crippen molar-refractivity contribution < 1.29 is 31.7 Å². The van der Waals surface area contributed by atoms with Crippen LogP contribution in [0, 0.1) is 0 Å². The molecule has 0 aliphatic carbocycles. The lowest BCUT2D eigenvalue weighted by Crippen LogP contribution is -2.35. The number of amides is 3. The van der Waals surface area contributed by atoms with Crippen LogP contribution in [0.15, 0.2) is 0 Å². The summed E-state index contributed by atoms with van der Waals surface area (Å²) in [6.45, 7) is 5.21. The van der Waals surface area contributed by atoms with Crippen LogP contribution in [0.3, 0.4) is 0 Å². The number of carbonyl (C=O) groups is 2. The van der Waals surface area contributed by atoms with Crippen LogP contribution in [-0.2, 0) is 24.3 Å². The van der Waals surface area contributed by atoms with Crippen molar-refractivity contribution in [3.8, 4) is 0 Å². The third kappa shape index (κ3) is 9.10. The van der Waals surface area contributed by atoms with E-state index in [1.807, 2.05) is 0 Å². The maximum atomic E-state index is 11.4. The van der Waals surface area contributed by atoms with Gasteiger partial charge in [-0.3, -0.25) is 14.2 Å². The molecule has 4 rings (SSSR count). The van der Waals surface area contributed by atoms with Crippen molar-refractivity contribution in [2.75, 3.05) is 39.3 Å². The summed E-state index contributed by atoms with van der Waals surface area (Å²) >= 11 is 0. The number of fused-ring (bicyclic) bond motifs is 2. The van der Waals surface area contributed by atoms with E-state index in [0.717, 1.165) is 24.4 Å². The van der Waals surface area contributed by atoms with Crippen molar-refractivity contribution in [1.29, 1.82) is 0 Å². The Kier molecular flexibility index (Phi) is 10.7. The molecule has 2 bridgehead atoms. The number of rotatable bonds is 6. The number of hydrogen-bond donors (Lipinski definition) is 4. The average molecular weight is 452 g/mol. The zero-order chi connectivity index (χ0) is 21.8. The normalized spacial score (nSPS) is 25.7. The van der Waals surface area contributed by atoms with Crippen molar-refractivity contribution >= 4 is 22.8 Å². The molecule has 4 aliphatic heterocycles. The molecule has 0 aromatic heterocycles. The summed E-state index contributed by atoms with van der Waals surface area (Å²) in [4.78, 5) is 27.4. The molecule has 30 heavy (non-hydrogen) atoms. The molecule has 0 spiro atoms. The molecular formula is C17H33N5O7S. The fraction of sp³-hybridized carbons (Fsp3) is 0.882. The van der Waals surface area contributed by atoms with E-state index in [0.29, 0.717) is 38.6 Å². The first-order valence-electron chi connectivity index (χ1n) is 10.4. The zero-order valence-corrected chi connectivity index (χ0v) is 17.9. The Bertz CT molecular complexity index is 614. The molecule has 0 aromatic rings. The first-order valence-corrected chi connectivity index (χ1v) is 11.8. The summed E-state index contributed by atoms with van der Waals surface area (Å²) in [6, 6.07) is -0.337. The zero-order valence-electron chi connectivity index (χ0n) is 17.1. The summed E-state index contributed by atoms with van der Waals surface area (Å²) in [5, 5.41) is 7.26. The highest BCUT2D eigenvalue weighted by Crippen LogP contribution is 2.26. The van der Waals surface area contributed by atoms with E-state index in [1.54, 1.807) is 0 Å². The molecule has 0 saturated carbocycles. The summed E-state index contributed by atoms with van der Waals surface area (Å²) in [5.74, 6) is 0. The fourth-order valence-electron chi connectivity index (χ4n) is 3.69. The lowest BCUT2D eigenvalue weighted by Gasteiger charge is -2.20. The molecule has 13 heteroatoms. The second-order valence-electron chi connectivity index (χ2n) is 7.50. The smallest absolute Gasteiger partial charge is 0.321 e. The average Bonchev–Trinajstić information content (AvgIpc) is 3.33. The van der Waals surface area contributed by atoms with Crippen molar-refractivity contribution in [3.63, 3.8) is 0 Å². The minimum atomic E-state index is -4.60. The molecule has 4 fully saturated rings. The van der Waals surface area contributed by atoms with Crippen LogP contribution in [0.5, 0.6) is 0 Å². The monoisotopic (exact) mass is 451 g/mol. The summed E-state index contributed by atoms with van der Waals surface area (Å²) < 4.78 is 33.5. The van der Waals surface area contributed by atoms with Crippen molar-refractivity contribution in [1.82, 2.24) is 26.1 Å². The standard InChI is InChI=1S/C6H10N2O5S.C6H12N2O2.C5H11N/c9-6-7-3-1-2-5(4-7)8(6)13-14(10,11)12;9-5-8-10-4-6-2-1-3-7-6;1-2-4-6-5-3-1/h5H,1-4H2,(H,10,11,12);5-7H,1-4H2,(H,8,9);6H,1-5H2. The number of piperidine rings is 2. The van der Waals surface area contributed by atoms with Crippen LogP contribution in [0.25, 0.3) is 0 Å². The second kappa shape index (κ2) is 13.0. The molecule has 12 nitrogen and oxygen atoms in total. The summed E-state index contributed by atoms with van der Waals surface area (Å²) in [7, 11) is -4.60. The molecule has 0 aromatic carbocycles. The number of nitrogens with zero attached hydrogens (tertiary/aromatic N) is 2. The van der Waals surface area contributed by atoms with Gasteiger partial charge in [0.05, 0.1) is 12.6 Å². The summed E-state index contributed by atoms with van der Waals surface area (Å²) in [6.07, 6.45) is 8.61. The largest absolute Gasteiger partial charge is 0.418 e. The van der Waals surface area contributed by atoms with Gasteiger partial charge in [-0.2, -0.15) is 13.5 Å². The third-order valence-corrected chi connectivity index (χ3v) is 5.50. The molecule has 4 heterocycles. The highest BCUT2D eigenvalue weighted by molar-refractivity contribution is 7.80. The number of carbonyl (C=O) groups excluding carboxylic acids is 2. The molecule has 0 radical (unpaired) electrons. The van der Waals surface area contributed by atoms with Crippen LogP contribution in [0.1, 0.15) is 44.9 Å². The molecule has 2 atom stereocenters. The Morgan fingerprint density at radius 2 is 1.90 bits per heavy atom. The first-order chi connectivity index (χ1) is 14.4. The molecule has 4 saturated heterocycles. The molecule has 4 aliphatic rings. The quantitative estimate of drug-likeness (QED) is 0.186. The van der Waals surface area contributed by atoms with E-state index in [9.17, 15) is 18.0 Å². The molecule has 2 unspecified atom stereocenters. The Morgan fingerprint density at radius 1 is 1.13 bits per heavy atom. The van der Waals surface area contributed by atoms with Gasteiger partial charge in [0.1, 0.15) is 0 Å². The van der Waals surface area contributed by atoms with Gasteiger partial charge < -0.3 is 15.5 Å². The maximum Gasteiger partial charge on any atom is 0.418 e. The molecule has 3 amide bonds. The van der Waals surface area contributed by atoms with Crippen molar-refractivity contribution in [2.45, 2.75) is 57.0 Å². The third-order valence-electron chi connectivity index (χ3n) is 5.15. The lowest BCUT2D eigenvalue weighted by atomic mass is 10.1. The van der Waals surface area contributed by atoms with Gasteiger partial charge in [0, 0.05) is 19.1 Å². The van der Waals surface area contributed by atoms with Gasteiger partial charge >= 0.3 is 16.4 Å². The van der Waals surface area contributed by atoms with Gasteiger partial charge in [-0.1, -0.05) is 6.42 Å². The van der Waals surface area contributed by atoms with Gasteiger partial charge in [0.25, 0.3) is 0 Å². The molecule has 174 valence electrons. The SMILES string of the molecule is C1CCNCC1.O=C1N2CCCC(C2)N1OS(=O)(=O)O.O=CNOCC1CCCN1. The molecule has 4 N–H and O–H groups in total. The maximum absolute atomic E-state index is 11.4. The van der Waals surface area contributed by atoms with E-state index >= 15 is 0 Å². The van der Waals surface area contributed by atoms with Crippen LogP contribution in [0.2, 0.25) is 0 Å². The number of nitrogens with one attached hydrogen (secondary N) is 3. The van der Waals surface area contributed by atoms with E-state index in [4.69, 9.17) is 9.39 Å². The van der Waals surface area contributed by atoms with Crippen LogP contribution < -0.4 is 16.1 Å². The summed E-state index contributed by atoms with van der Waals surface area (Å²) in [5.41, 5.74) is 2.15. The van der Waals surface area contributed by atoms with Gasteiger partial charge in [-0.25, -0.2) is 10.3 Å². The fourth-order valence-corrected chi connectivity index (χ4v) is 4.08. The highest BCUT2D eigenvalue weighted by Gasteiger charge is 2.42. The van der Waals surface area contributed by atoms with Gasteiger partial charge in [-0.05, 0) is 58.2 Å². The first kappa shape index (κ1) is 24.8. The lowest BCUT2D eigenvalue weighted by molar-refractivity contribution is -0.121. The number of hydrogen-bond acceptors (Lipinski definition) is 8. The van der Waals surface area contributed by atoms with Gasteiger partial charge in [-0.15, -0.1) is 4.28 Å². The number of hydroxylamine groups is 3. The van der Waals surface area contributed by atoms with Crippen LogP contribution >= 0.6 is 0 Å². The van der Waals surface area contributed by atoms with E-state index in [1.165, 1.54) is 43.7 Å². The highest BCUT2D eigenvalue weighted by atomic mass is 32.3. The van der Waals surface area contributed by atoms with E-state index in [-0.39, 0.29) is 6.04 Å². The van der Waals surface area contributed by atoms with Crippen LogP contribution in [0.4, 0.5) is 4.79 Å².